The normalized spacial score (nSPS) is 22.4. The number of para-hydroxylation sites is 1. The van der Waals surface area contributed by atoms with Gasteiger partial charge in [0.25, 0.3) is 5.91 Å². The Morgan fingerprint density at radius 1 is 1.23 bits per heavy atom. The van der Waals surface area contributed by atoms with E-state index in [0.717, 1.165) is 18.4 Å². The van der Waals surface area contributed by atoms with Crippen LogP contribution in [0.15, 0.2) is 53.5 Å². The van der Waals surface area contributed by atoms with Crippen LogP contribution in [0.25, 0.3) is 0 Å². The standard InChI is InChI=1S/C30H40N4O5/c1-6-30(7-2)18-24(35)34(28(31)33-30)22(15-16-38-5)19-11-10-12-20(17-19)27(37)32-25-21-13-8-9-14-23(21)39-29(3,4)26(25)36/h8-14,17,22,25-26,36H,6-7,15-16,18H2,1-5H3,(H2,31,33)(H,32,37)/t22-,25-,26+/m1/s1. The molecule has 0 unspecified atom stereocenters. The van der Waals surface area contributed by atoms with Gasteiger partial charge in [-0.05, 0) is 56.9 Å². The molecule has 0 spiro atoms. The summed E-state index contributed by atoms with van der Waals surface area (Å²) in [5.74, 6) is 0.378. The second kappa shape index (κ2) is 11.4. The number of methoxy groups -OCH3 is 1. The molecule has 2 aliphatic rings. The summed E-state index contributed by atoms with van der Waals surface area (Å²) in [6.07, 6.45) is 1.24. The van der Waals surface area contributed by atoms with Crippen LogP contribution in [0.5, 0.6) is 5.75 Å². The lowest BCUT2D eigenvalue weighted by Gasteiger charge is -2.42. The molecule has 39 heavy (non-hydrogen) atoms. The number of benzene rings is 2. The average Bonchev–Trinajstić information content (AvgIpc) is 2.92. The molecule has 2 heterocycles. The maximum absolute atomic E-state index is 13.5. The fourth-order valence-corrected chi connectivity index (χ4v) is 5.51. The van der Waals surface area contributed by atoms with Crippen molar-refractivity contribution in [3.63, 3.8) is 0 Å². The Balaban J connectivity index is 1.64. The van der Waals surface area contributed by atoms with Crippen LogP contribution in [0.4, 0.5) is 0 Å². The predicted molar refractivity (Wildman–Crippen MR) is 149 cm³/mol. The Labute approximate surface area is 230 Å². The highest BCUT2D eigenvalue weighted by atomic mass is 16.5. The number of aliphatic hydroxyl groups excluding tert-OH is 1. The van der Waals surface area contributed by atoms with Gasteiger partial charge in [-0.1, -0.05) is 44.2 Å². The first-order chi connectivity index (χ1) is 18.6. The van der Waals surface area contributed by atoms with Crippen molar-refractivity contribution in [1.82, 2.24) is 10.2 Å². The molecule has 3 atom stereocenters. The van der Waals surface area contributed by atoms with Gasteiger partial charge in [-0.25, -0.2) is 4.99 Å². The lowest BCUT2D eigenvalue weighted by Crippen LogP contribution is -2.53. The zero-order valence-electron chi connectivity index (χ0n) is 23.4. The summed E-state index contributed by atoms with van der Waals surface area (Å²) in [7, 11) is 1.61. The lowest BCUT2D eigenvalue weighted by molar-refractivity contribution is -0.131. The monoisotopic (exact) mass is 536 g/mol. The number of nitrogens with two attached hydrogens (primary N) is 1. The quantitative estimate of drug-likeness (QED) is 0.447. The molecule has 2 aromatic carbocycles. The molecule has 0 fully saturated rings. The molecule has 0 aromatic heterocycles. The summed E-state index contributed by atoms with van der Waals surface area (Å²) in [6, 6.07) is 13.4. The van der Waals surface area contributed by atoms with Crippen molar-refractivity contribution >= 4 is 17.8 Å². The van der Waals surface area contributed by atoms with Crippen LogP contribution in [-0.2, 0) is 9.53 Å². The molecule has 2 aliphatic heterocycles. The SMILES string of the molecule is CCC1(CC)CC(=O)N([C@H](CCOC)c2cccc(C(=O)N[C@@H]3c4ccccc4OC(C)(C)[C@H]3O)c2)C(N)=N1. The van der Waals surface area contributed by atoms with E-state index in [0.29, 0.717) is 29.9 Å². The van der Waals surface area contributed by atoms with E-state index in [1.165, 1.54) is 0 Å². The van der Waals surface area contributed by atoms with Crippen molar-refractivity contribution in [2.45, 2.75) is 82.7 Å². The summed E-state index contributed by atoms with van der Waals surface area (Å²) in [5, 5.41) is 14.1. The first kappa shape index (κ1) is 28.6. The maximum atomic E-state index is 13.5. The van der Waals surface area contributed by atoms with Crippen molar-refractivity contribution in [2.24, 2.45) is 10.7 Å². The zero-order valence-corrected chi connectivity index (χ0v) is 23.4. The number of carbonyl (C=O) groups excluding carboxylic acids is 2. The molecule has 0 bridgehead atoms. The van der Waals surface area contributed by atoms with E-state index in [4.69, 9.17) is 20.2 Å². The molecular weight excluding hydrogens is 496 g/mol. The van der Waals surface area contributed by atoms with E-state index < -0.39 is 29.3 Å². The zero-order chi connectivity index (χ0) is 28.4. The smallest absolute Gasteiger partial charge is 0.251 e. The second-order valence-electron chi connectivity index (χ2n) is 10.9. The molecule has 9 heteroatoms. The van der Waals surface area contributed by atoms with Crippen molar-refractivity contribution in [3.05, 3.63) is 65.2 Å². The third-order valence-corrected chi connectivity index (χ3v) is 8.05. The number of amides is 2. The molecule has 4 rings (SSSR count). The number of guanidine groups is 1. The second-order valence-corrected chi connectivity index (χ2v) is 10.9. The molecule has 210 valence electrons. The number of ether oxygens (including phenoxy) is 2. The van der Waals surface area contributed by atoms with Gasteiger partial charge in [0.05, 0.1) is 24.0 Å². The third-order valence-electron chi connectivity index (χ3n) is 8.05. The van der Waals surface area contributed by atoms with Crippen LogP contribution in [0, 0.1) is 0 Å². The minimum Gasteiger partial charge on any atom is -0.485 e. The molecule has 9 nitrogen and oxygen atoms in total. The topological polar surface area (TPSA) is 126 Å². The Morgan fingerprint density at radius 3 is 2.62 bits per heavy atom. The van der Waals surface area contributed by atoms with Gasteiger partial charge in [0.15, 0.2) is 5.96 Å². The Hall–Kier alpha value is -3.43. The molecular formula is C30H40N4O5. The number of fused-ring (bicyclic) bond motifs is 1. The molecule has 2 aromatic rings. The van der Waals surface area contributed by atoms with Gasteiger partial charge in [0.2, 0.25) is 5.91 Å². The van der Waals surface area contributed by atoms with Crippen molar-refractivity contribution in [3.8, 4) is 5.75 Å². The van der Waals surface area contributed by atoms with E-state index in [1.807, 2.05) is 44.2 Å². The van der Waals surface area contributed by atoms with Gasteiger partial charge in [-0.3, -0.25) is 14.5 Å². The van der Waals surface area contributed by atoms with Crippen molar-refractivity contribution in [1.29, 1.82) is 0 Å². The predicted octanol–water partition coefficient (Wildman–Crippen LogP) is 3.87. The van der Waals surface area contributed by atoms with E-state index in [9.17, 15) is 14.7 Å². The highest BCUT2D eigenvalue weighted by molar-refractivity contribution is 6.00. The number of hydrogen-bond acceptors (Lipinski definition) is 7. The van der Waals surface area contributed by atoms with Gasteiger partial charge in [-0.2, -0.15) is 0 Å². The molecule has 0 saturated carbocycles. The Morgan fingerprint density at radius 2 is 1.95 bits per heavy atom. The molecule has 0 saturated heterocycles. The summed E-state index contributed by atoms with van der Waals surface area (Å²) in [6.45, 7) is 8.01. The summed E-state index contributed by atoms with van der Waals surface area (Å²) < 4.78 is 11.3. The number of nitrogens with one attached hydrogen (secondary N) is 1. The first-order valence-corrected chi connectivity index (χ1v) is 13.6. The number of carbonyl (C=O) groups is 2. The van der Waals surface area contributed by atoms with Gasteiger partial charge in [0.1, 0.15) is 17.5 Å². The van der Waals surface area contributed by atoms with Crippen LogP contribution in [-0.4, -0.2) is 58.7 Å². The molecule has 2 amide bonds. The van der Waals surface area contributed by atoms with Crippen molar-refractivity contribution in [2.75, 3.05) is 13.7 Å². The minimum atomic E-state index is -0.964. The van der Waals surface area contributed by atoms with Gasteiger partial charge >= 0.3 is 0 Å². The fourth-order valence-electron chi connectivity index (χ4n) is 5.51. The van der Waals surface area contributed by atoms with Crippen molar-refractivity contribution < 1.29 is 24.2 Å². The van der Waals surface area contributed by atoms with Gasteiger partial charge in [0, 0.05) is 24.8 Å². The van der Waals surface area contributed by atoms with Crippen LogP contribution >= 0.6 is 0 Å². The van der Waals surface area contributed by atoms with Crippen LogP contribution in [0.2, 0.25) is 0 Å². The minimum absolute atomic E-state index is 0.0914. The number of rotatable bonds is 9. The number of hydrogen-bond donors (Lipinski definition) is 3. The highest BCUT2D eigenvalue weighted by Crippen LogP contribution is 2.40. The Bertz CT molecular complexity index is 1240. The summed E-state index contributed by atoms with van der Waals surface area (Å²) >= 11 is 0. The molecule has 4 N–H and O–H groups in total. The van der Waals surface area contributed by atoms with Crippen LogP contribution < -0.4 is 15.8 Å². The number of nitrogens with zero attached hydrogens (tertiary/aromatic N) is 2. The van der Waals surface area contributed by atoms with Crippen LogP contribution in [0.3, 0.4) is 0 Å². The number of aliphatic hydroxyl groups is 1. The summed E-state index contributed by atoms with van der Waals surface area (Å²) in [4.78, 5) is 33.2. The van der Waals surface area contributed by atoms with E-state index >= 15 is 0 Å². The van der Waals surface area contributed by atoms with Crippen LogP contribution in [0.1, 0.15) is 86.9 Å². The number of aliphatic imine (C=N–C) groups is 1. The van der Waals surface area contributed by atoms with E-state index in [2.05, 4.69) is 5.32 Å². The van der Waals surface area contributed by atoms with E-state index in [1.54, 1.807) is 44.1 Å². The fraction of sp³-hybridized carbons (Fsp3) is 0.500. The highest BCUT2D eigenvalue weighted by Gasteiger charge is 2.44. The van der Waals surface area contributed by atoms with E-state index in [-0.39, 0.29) is 24.2 Å². The van der Waals surface area contributed by atoms with Gasteiger partial charge in [-0.15, -0.1) is 0 Å². The average molecular weight is 537 g/mol. The first-order valence-electron chi connectivity index (χ1n) is 13.6. The maximum Gasteiger partial charge on any atom is 0.251 e. The third kappa shape index (κ3) is 5.65. The summed E-state index contributed by atoms with van der Waals surface area (Å²) in [5.41, 5.74) is 6.90. The Kier molecular flexibility index (Phi) is 8.32. The molecule has 0 radical (unpaired) electrons. The van der Waals surface area contributed by atoms with Gasteiger partial charge < -0.3 is 25.6 Å². The molecule has 0 aliphatic carbocycles. The lowest BCUT2D eigenvalue weighted by atomic mass is 9.86. The largest absolute Gasteiger partial charge is 0.485 e.